The lowest BCUT2D eigenvalue weighted by molar-refractivity contribution is -0.143. The zero-order valence-electron chi connectivity index (χ0n) is 21.1. The third-order valence-electron chi connectivity index (χ3n) is 6.39. The third-order valence-corrected chi connectivity index (χ3v) is 6.92. The van der Waals surface area contributed by atoms with Crippen LogP contribution < -0.4 is 4.74 Å². The van der Waals surface area contributed by atoms with Crippen molar-refractivity contribution in [3.63, 3.8) is 0 Å². The molecule has 0 bridgehead atoms. The van der Waals surface area contributed by atoms with Crippen LogP contribution in [0.2, 0.25) is 0 Å². The number of amides is 4. The van der Waals surface area contributed by atoms with Gasteiger partial charge in [-0.15, -0.1) is 0 Å². The van der Waals surface area contributed by atoms with E-state index in [1.165, 1.54) is 14.1 Å². The molecule has 1 saturated heterocycles. The summed E-state index contributed by atoms with van der Waals surface area (Å²) in [6, 6.07) is 13.8. The number of nitrogens with zero attached hydrogens (tertiary/aromatic N) is 3. The monoisotopic (exact) mass is 567 g/mol. The van der Waals surface area contributed by atoms with Gasteiger partial charge in [0.1, 0.15) is 11.7 Å². The van der Waals surface area contributed by atoms with Gasteiger partial charge in [0, 0.05) is 35.5 Å². The molecular formula is C27H26BrN3O6. The van der Waals surface area contributed by atoms with Crippen LogP contribution >= 0.6 is 15.9 Å². The van der Waals surface area contributed by atoms with Gasteiger partial charge in [0.05, 0.1) is 25.0 Å². The first-order chi connectivity index (χ1) is 17.6. The van der Waals surface area contributed by atoms with Crippen LogP contribution in [0.4, 0.5) is 4.79 Å². The molecule has 2 heterocycles. The number of hydrogen-bond donors (Lipinski definition) is 0. The molecule has 9 nitrogen and oxygen atoms in total. The largest absolute Gasteiger partial charge is 0.497 e. The second kappa shape index (κ2) is 10.2. The number of imide groups is 2. The van der Waals surface area contributed by atoms with Gasteiger partial charge in [-0.1, -0.05) is 28.1 Å². The Morgan fingerprint density at radius 3 is 2.03 bits per heavy atom. The summed E-state index contributed by atoms with van der Waals surface area (Å²) >= 11 is 3.44. The minimum absolute atomic E-state index is 0.101. The molecule has 0 N–H and O–H groups in total. The number of barbiturate groups is 1. The van der Waals surface area contributed by atoms with Gasteiger partial charge >= 0.3 is 12.0 Å². The van der Waals surface area contributed by atoms with Crippen LogP contribution in [0.25, 0.3) is 16.9 Å². The first-order valence-corrected chi connectivity index (χ1v) is 12.3. The standard InChI is InChI=1S/C27H26BrN3O6/c1-6-37-26(34)20-15(2)31(18-11-13-19(36-5)14-12-18)23(16-7-9-17(28)10-8-16)21(20)22-24(32)29(3)27(35)30(4)25(22)33/h7-14,22H,6H2,1-5H3. The summed E-state index contributed by atoms with van der Waals surface area (Å²) in [6.45, 7) is 3.52. The maximum absolute atomic E-state index is 13.5. The normalized spacial score (nSPS) is 14.4. The highest BCUT2D eigenvalue weighted by Gasteiger charge is 2.47. The number of hydrogen-bond acceptors (Lipinski definition) is 6. The highest BCUT2D eigenvalue weighted by Crippen LogP contribution is 2.42. The number of rotatable bonds is 6. The van der Waals surface area contributed by atoms with Crippen molar-refractivity contribution in [2.24, 2.45) is 0 Å². The summed E-state index contributed by atoms with van der Waals surface area (Å²) in [4.78, 5) is 54.6. The molecular weight excluding hydrogens is 542 g/mol. The molecule has 192 valence electrons. The lowest BCUT2D eigenvalue weighted by Gasteiger charge is -2.33. The predicted molar refractivity (Wildman–Crippen MR) is 140 cm³/mol. The molecule has 0 unspecified atom stereocenters. The fourth-order valence-corrected chi connectivity index (χ4v) is 4.82. The van der Waals surface area contributed by atoms with Gasteiger partial charge in [-0.05, 0) is 55.8 Å². The van der Waals surface area contributed by atoms with Crippen molar-refractivity contribution in [1.29, 1.82) is 0 Å². The topological polar surface area (TPSA) is 98.2 Å². The Bertz CT molecular complexity index is 1370. The van der Waals surface area contributed by atoms with Crippen LogP contribution in [-0.2, 0) is 14.3 Å². The SMILES string of the molecule is CCOC(=O)c1c(C2C(=O)N(C)C(=O)N(C)C2=O)c(-c2ccc(Br)cc2)n(-c2ccc(OC)cc2)c1C. The fraction of sp³-hybridized carbons (Fsp3) is 0.259. The number of urea groups is 1. The van der Waals surface area contributed by atoms with E-state index in [1.807, 2.05) is 41.0 Å². The predicted octanol–water partition coefficient (Wildman–Crippen LogP) is 4.53. The Morgan fingerprint density at radius 1 is 0.946 bits per heavy atom. The molecule has 4 rings (SSSR count). The van der Waals surface area contributed by atoms with Gasteiger partial charge in [-0.2, -0.15) is 0 Å². The Morgan fingerprint density at radius 2 is 1.51 bits per heavy atom. The number of methoxy groups -OCH3 is 1. The number of carbonyl (C=O) groups is 4. The molecule has 1 aromatic heterocycles. The van der Waals surface area contributed by atoms with Crippen LogP contribution in [0.1, 0.15) is 34.5 Å². The lowest BCUT2D eigenvalue weighted by atomic mass is 9.88. The minimum atomic E-state index is -1.43. The summed E-state index contributed by atoms with van der Waals surface area (Å²) in [5.74, 6) is -2.89. The van der Waals surface area contributed by atoms with Gasteiger partial charge in [-0.25, -0.2) is 9.59 Å². The molecule has 2 aromatic carbocycles. The van der Waals surface area contributed by atoms with Crippen molar-refractivity contribution in [3.05, 3.63) is 69.8 Å². The number of ether oxygens (including phenoxy) is 2. The van der Waals surface area contributed by atoms with Crippen LogP contribution in [0.3, 0.4) is 0 Å². The van der Waals surface area contributed by atoms with Crippen molar-refractivity contribution >= 4 is 39.7 Å². The molecule has 0 radical (unpaired) electrons. The van der Waals surface area contributed by atoms with E-state index < -0.39 is 29.7 Å². The van der Waals surface area contributed by atoms with Crippen molar-refractivity contribution in [1.82, 2.24) is 14.4 Å². The van der Waals surface area contributed by atoms with E-state index in [0.29, 0.717) is 28.4 Å². The number of benzene rings is 2. The molecule has 10 heteroatoms. The second-order valence-electron chi connectivity index (χ2n) is 8.49. The molecule has 4 amide bonds. The van der Waals surface area contributed by atoms with Crippen molar-refractivity contribution < 1.29 is 28.7 Å². The van der Waals surface area contributed by atoms with Crippen LogP contribution in [0.5, 0.6) is 5.75 Å². The molecule has 0 saturated carbocycles. The molecule has 1 aliphatic rings. The van der Waals surface area contributed by atoms with E-state index in [-0.39, 0.29) is 17.7 Å². The molecule has 0 spiro atoms. The lowest BCUT2D eigenvalue weighted by Crippen LogP contribution is -2.56. The van der Waals surface area contributed by atoms with Gasteiger partial charge in [-0.3, -0.25) is 19.4 Å². The zero-order valence-corrected chi connectivity index (χ0v) is 22.7. The van der Waals surface area contributed by atoms with Crippen molar-refractivity contribution in [3.8, 4) is 22.7 Å². The van der Waals surface area contributed by atoms with E-state index in [4.69, 9.17) is 9.47 Å². The quantitative estimate of drug-likeness (QED) is 0.320. The summed E-state index contributed by atoms with van der Waals surface area (Å²) in [5, 5.41) is 0. The Labute approximate surface area is 222 Å². The van der Waals surface area contributed by atoms with E-state index in [2.05, 4.69) is 15.9 Å². The summed E-state index contributed by atoms with van der Waals surface area (Å²) in [5.41, 5.74) is 2.60. The van der Waals surface area contributed by atoms with E-state index >= 15 is 0 Å². The Balaban J connectivity index is 2.13. The number of likely N-dealkylation sites (N-methyl/N-ethyl adjacent to an activating group) is 2. The van der Waals surface area contributed by atoms with E-state index in [1.54, 1.807) is 33.1 Å². The summed E-state index contributed by atoms with van der Waals surface area (Å²) in [7, 11) is 4.20. The number of aromatic nitrogens is 1. The average Bonchev–Trinajstić information content (AvgIpc) is 3.19. The summed E-state index contributed by atoms with van der Waals surface area (Å²) < 4.78 is 13.3. The van der Waals surface area contributed by atoms with Gasteiger partial charge in [0.2, 0.25) is 11.8 Å². The third kappa shape index (κ3) is 4.42. The molecule has 0 aliphatic carbocycles. The van der Waals surface area contributed by atoms with Crippen LogP contribution in [0.15, 0.2) is 53.0 Å². The van der Waals surface area contributed by atoms with Gasteiger partial charge < -0.3 is 14.0 Å². The molecule has 0 atom stereocenters. The molecule has 37 heavy (non-hydrogen) atoms. The number of halogens is 1. The van der Waals surface area contributed by atoms with Crippen LogP contribution in [0, 0.1) is 6.92 Å². The van der Waals surface area contributed by atoms with Crippen molar-refractivity contribution in [2.45, 2.75) is 19.8 Å². The number of carbonyl (C=O) groups excluding carboxylic acids is 4. The molecule has 1 fully saturated rings. The first kappa shape index (κ1) is 26.2. The minimum Gasteiger partial charge on any atom is -0.497 e. The van der Waals surface area contributed by atoms with Gasteiger partial charge in [0.15, 0.2) is 0 Å². The first-order valence-electron chi connectivity index (χ1n) is 11.5. The highest BCUT2D eigenvalue weighted by atomic mass is 79.9. The molecule has 3 aromatic rings. The van der Waals surface area contributed by atoms with Gasteiger partial charge in [0.25, 0.3) is 0 Å². The smallest absolute Gasteiger partial charge is 0.340 e. The molecule has 1 aliphatic heterocycles. The summed E-state index contributed by atoms with van der Waals surface area (Å²) in [6.07, 6.45) is 0. The Hall–Kier alpha value is -3.92. The zero-order chi connectivity index (χ0) is 27.0. The maximum atomic E-state index is 13.5. The fourth-order valence-electron chi connectivity index (χ4n) is 4.56. The van der Waals surface area contributed by atoms with Crippen molar-refractivity contribution in [2.75, 3.05) is 27.8 Å². The van der Waals surface area contributed by atoms with E-state index in [0.717, 1.165) is 14.3 Å². The average molecular weight is 568 g/mol. The highest BCUT2D eigenvalue weighted by molar-refractivity contribution is 9.10. The maximum Gasteiger partial charge on any atom is 0.340 e. The van der Waals surface area contributed by atoms with Crippen LogP contribution in [-0.4, -0.2) is 66.0 Å². The number of esters is 1. The van der Waals surface area contributed by atoms with E-state index in [9.17, 15) is 19.2 Å². The Kier molecular flexibility index (Phi) is 7.22. The second-order valence-corrected chi connectivity index (χ2v) is 9.41.